The standard InChI is InChI=1S/C23H24N2O5S/c1-4-30-23(28)16-6-5-7-17-18(16)19-20(31-17)24-13(2)25(21(19)26)12-14-8-10-15(11-9-14)22(27)29-3/h8-11,16H,4-7,12H2,1-3H3. The monoisotopic (exact) mass is 440 g/mol. The molecule has 3 aromatic rings. The van der Waals surface area contributed by atoms with E-state index in [9.17, 15) is 14.4 Å². The van der Waals surface area contributed by atoms with Crippen LogP contribution in [0.5, 0.6) is 0 Å². The van der Waals surface area contributed by atoms with Gasteiger partial charge in [-0.3, -0.25) is 14.2 Å². The minimum atomic E-state index is -0.414. The molecule has 31 heavy (non-hydrogen) atoms. The van der Waals surface area contributed by atoms with Gasteiger partial charge in [-0.1, -0.05) is 12.1 Å². The lowest BCUT2D eigenvalue weighted by molar-refractivity contribution is -0.145. The molecule has 2 heterocycles. The smallest absolute Gasteiger partial charge is 0.337 e. The van der Waals surface area contributed by atoms with E-state index in [-0.39, 0.29) is 11.5 Å². The van der Waals surface area contributed by atoms with Crippen LogP contribution in [0.4, 0.5) is 0 Å². The van der Waals surface area contributed by atoms with Crippen LogP contribution in [0.15, 0.2) is 29.1 Å². The van der Waals surface area contributed by atoms with E-state index in [0.717, 1.165) is 28.8 Å². The van der Waals surface area contributed by atoms with Crippen LogP contribution in [0.3, 0.4) is 0 Å². The van der Waals surface area contributed by atoms with Crippen LogP contribution in [-0.4, -0.2) is 35.2 Å². The van der Waals surface area contributed by atoms with Crippen molar-refractivity contribution in [2.75, 3.05) is 13.7 Å². The van der Waals surface area contributed by atoms with Gasteiger partial charge in [-0.15, -0.1) is 11.3 Å². The summed E-state index contributed by atoms with van der Waals surface area (Å²) in [4.78, 5) is 44.2. The maximum Gasteiger partial charge on any atom is 0.337 e. The van der Waals surface area contributed by atoms with Crippen molar-refractivity contribution >= 4 is 33.5 Å². The molecule has 0 saturated carbocycles. The Morgan fingerprint density at radius 3 is 2.68 bits per heavy atom. The van der Waals surface area contributed by atoms with Gasteiger partial charge in [0.05, 0.1) is 37.1 Å². The molecule has 0 saturated heterocycles. The first-order valence-electron chi connectivity index (χ1n) is 10.3. The van der Waals surface area contributed by atoms with Gasteiger partial charge in [-0.2, -0.15) is 0 Å². The van der Waals surface area contributed by atoms with Crippen molar-refractivity contribution < 1.29 is 19.1 Å². The normalized spacial score (nSPS) is 15.5. The van der Waals surface area contributed by atoms with Gasteiger partial charge in [0, 0.05) is 4.88 Å². The number of hydrogen-bond acceptors (Lipinski definition) is 7. The highest BCUT2D eigenvalue weighted by Gasteiger charge is 2.33. The highest BCUT2D eigenvalue weighted by Crippen LogP contribution is 2.41. The van der Waals surface area contributed by atoms with Crippen molar-refractivity contribution in [2.45, 2.75) is 45.6 Å². The van der Waals surface area contributed by atoms with Crippen LogP contribution in [-0.2, 0) is 27.2 Å². The van der Waals surface area contributed by atoms with E-state index < -0.39 is 11.9 Å². The van der Waals surface area contributed by atoms with Crippen molar-refractivity contribution in [3.8, 4) is 0 Å². The molecule has 2 aromatic heterocycles. The van der Waals surface area contributed by atoms with Gasteiger partial charge in [0.1, 0.15) is 10.7 Å². The van der Waals surface area contributed by atoms with Crippen molar-refractivity contribution in [2.24, 2.45) is 0 Å². The van der Waals surface area contributed by atoms with Crippen LogP contribution < -0.4 is 5.56 Å². The summed E-state index contributed by atoms with van der Waals surface area (Å²) in [7, 11) is 1.34. The fraction of sp³-hybridized carbons (Fsp3) is 0.391. The average molecular weight is 441 g/mol. The Morgan fingerprint density at radius 2 is 2.00 bits per heavy atom. The van der Waals surface area contributed by atoms with Crippen LogP contribution in [0.25, 0.3) is 10.2 Å². The van der Waals surface area contributed by atoms with Gasteiger partial charge in [0.2, 0.25) is 0 Å². The van der Waals surface area contributed by atoms with Gasteiger partial charge < -0.3 is 9.47 Å². The number of carbonyl (C=O) groups excluding carboxylic acids is 2. The topological polar surface area (TPSA) is 87.5 Å². The number of aromatic nitrogens is 2. The Hall–Kier alpha value is -3.00. The van der Waals surface area contributed by atoms with Gasteiger partial charge in [-0.05, 0) is 56.4 Å². The minimum Gasteiger partial charge on any atom is -0.466 e. The third kappa shape index (κ3) is 3.87. The molecule has 0 amide bonds. The zero-order chi connectivity index (χ0) is 22.1. The van der Waals surface area contributed by atoms with Gasteiger partial charge in [0.15, 0.2) is 0 Å². The molecule has 1 aromatic carbocycles. The summed E-state index contributed by atoms with van der Waals surface area (Å²) in [5.74, 6) is -0.478. The Kier molecular flexibility index (Phi) is 5.91. The predicted molar refractivity (Wildman–Crippen MR) is 118 cm³/mol. The first-order chi connectivity index (χ1) is 14.9. The number of benzene rings is 1. The van der Waals surface area contributed by atoms with E-state index in [0.29, 0.717) is 41.2 Å². The summed E-state index contributed by atoms with van der Waals surface area (Å²) in [6.07, 6.45) is 2.42. The van der Waals surface area contributed by atoms with E-state index in [1.165, 1.54) is 18.4 Å². The van der Waals surface area contributed by atoms with E-state index >= 15 is 0 Å². The van der Waals surface area contributed by atoms with Crippen LogP contribution in [0.1, 0.15) is 57.9 Å². The molecule has 162 valence electrons. The van der Waals surface area contributed by atoms with E-state index in [4.69, 9.17) is 14.5 Å². The number of methoxy groups -OCH3 is 1. The SMILES string of the molecule is CCOC(=O)C1CCCc2sc3nc(C)n(Cc4ccc(C(=O)OC)cc4)c(=O)c3c21. The second-order valence-electron chi connectivity index (χ2n) is 7.55. The molecule has 0 fully saturated rings. The van der Waals surface area contributed by atoms with Crippen LogP contribution >= 0.6 is 11.3 Å². The molecule has 0 radical (unpaired) electrons. The summed E-state index contributed by atoms with van der Waals surface area (Å²) in [6.45, 7) is 4.24. The van der Waals surface area contributed by atoms with Crippen LogP contribution in [0.2, 0.25) is 0 Å². The largest absolute Gasteiger partial charge is 0.466 e. The van der Waals surface area contributed by atoms with Crippen molar-refractivity contribution in [1.82, 2.24) is 9.55 Å². The molecule has 4 rings (SSSR count). The minimum absolute atomic E-state index is 0.145. The molecule has 8 heteroatoms. The lowest BCUT2D eigenvalue weighted by Crippen LogP contribution is -2.27. The highest BCUT2D eigenvalue weighted by atomic mass is 32.1. The Labute approximate surface area is 183 Å². The maximum absolute atomic E-state index is 13.5. The molecular weight excluding hydrogens is 416 g/mol. The number of hydrogen-bond donors (Lipinski definition) is 0. The molecule has 0 N–H and O–H groups in total. The van der Waals surface area contributed by atoms with Gasteiger partial charge in [0.25, 0.3) is 5.56 Å². The van der Waals surface area contributed by atoms with E-state index in [1.54, 1.807) is 35.8 Å². The summed E-state index contributed by atoms with van der Waals surface area (Å²) >= 11 is 1.51. The number of fused-ring (bicyclic) bond motifs is 3. The van der Waals surface area contributed by atoms with Crippen molar-refractivity contribution in [3.05, 3.63) is 62.0 Å². The molecule has 0 aliphatic heterocycles. The second-order valence-corrected chi connectivity index (χ2v) is 8.64. The quantitative estimate of drug-likeness (QED) is 0.564. The first kappa shape index (κ1) is 21.2. The molecule has 0 spiro atoms. The molecule has 1 aliphatic carbocycles. The molecule has 1 unspecified atom stereocenters. The molecule has 1 aliphatic rings. The molecule has 7 nitrogen and oxygen atoms in total. The van der Waals surface area contributed by atoms with Crippen molar-refractivity contribution in [1.29, 1.82) is 0 Å². The highest BCUT2D eigenvalue weighted by molar-refractivity contribution is 7.18. The summed E-state index contributed by atoms with van der Waals surface area (Å²) < 4.78 is 11.6. The third-order valence-corrected chi connectivity index (χ3v) is 6.81. The summed E-state index contributed by atoms with van der Waals surface area (Å²) in [5.41, 5.74) is 1.98. The third-order valence-electron chi connectivity index (χ3n) is 5.65. The Bertz CT molecular complexity index is 1210. The zero-order valence-electron chi connectivity index (χ0n) is 17.8. The fourth-order valence-electron chi connectivity index (χ4n) is 4.13. The predicted octanol–water partition coefficient (Wildman–Crippen LogP) is 3.58. The first-order valence-corrected chi connectivity index (χ1v) is 11.1. The van der Waals surface area contributed by atoms with Gasteiger partial charge >= 0.3 is 11.9 Å². The average Bonchev–Trinajstić information content (AvgIpc) is 3.14. The summed E-state index contributed by atoms with van der Waals surface area (Å²) in [5, 5.41) is 0.537. The number of nitrogens with zero attached hydrogens (tertiary/aromatic N) is 2. The van der Waals surface area contributed by atoms with E-state index in [2.05, 4.69) is 0 Å². The number of thiophene rings is 1. The number of esters is 2. The van der Waals surface area contributed by atoms with Crippen molar-refractivity contribution in [3.63, 3.8) is 0 Å². The Morgan fingerprint density at radius 1 is 1.26 bits per heavy atom. The summed E-state index contributed by atoms with van der Waals surface area (Å²) in [6, 6.07) is 6.95. The molecule has 1 atom stereocenters. The van der Waals surface area contributed by atoms with E-state index in [1.807, 2.05) is 6.92 Å². The van der Waals surface area contributed by atoms with Gasteiger partial charge in [-0.25, -0.2) is 9.78 Å². The molecule has 0 bridgehead atoms. The number of aryl methyl sites for hydroxylation is 2. The van der Waals surface area contributed by atoms with Crippen LogP contribution in [0, 0.1) is 6.92 Å². The lowest BCUT2D eigenvalue weighted by atomic mass is 9.86. The number of carbonyl (C=O) groups is 2. The zero-order valence-corrected chi connectivity index (χ0v) is 18.6. The number of rotatable bonds is 5. The Balaban J connectivity index is 1.77. The lowest BCUT2D eigenvalue weighted by Gasteiger charge is -2.21. The fourth-order valence-corrected chi connectivity index (χ4v) is 5.44. The second kappa shape index (κ2) is 8.63. The maximum atomic E-state index is 13.5. The number of ether oxygens (including phenoxy) is 2. The molecular formula is C23H24N2O5S.